The second-order valence-electron chi connectivity index (χ2n) is 6.22. The molecule has 6 heteroatoms. The number of amides is 1. The second-order valence-corrected chi connectivity index (χ2v) is 6.22. The fourth-order valence-electron chi connectivity index (χ4n) is 3.62. The molecule has 1 aliphatic heterocycles. The first-order chi connectivity index (χ1) is 10.4. The van der Waals surface area contributed by atoms with Gasteiger partial charge in [-0.2, -0.15) is 13.2 Å². The fourth-order valence-corrected chi connectivity index (χ4v) is 3.62. The normalized spacial score (nSPS) is 26.1. The molecule has 1 amide bonds. The van der Waals surface area contributed by atoms with E-state index in [-0.39, 0.29) is 5.56 Å². The fraction of sp³-hybridized carbons (Fsp3) is 0.562. The predicted molar refractivity (Wildman–Crippen MR) is 73.8 cm³/mol. The number of fused-ring (bicyclic) bond motifs is 1. The van der Waals surface area contributed by atoms with Crippen LogP contribution in [0, 0.1) is 11.8 Å². The third-order valence-corrected chi connectivity index (χ3v) is 4.80. The highest BCUT2D eigenvalue weighted by atomic mass is 19.4. The van der Waals surface area contributed by atoms with Crippen LogP contribution in [-0.4, -0.2) is 29.0 Å². The van der Waals surface area contributed by atoms with Crippen molar-refractivity contribution in [1.29, 1.82) is 0 Å². The van der Waals surface area contributed by atoms with Crippen molar-refractivity contribution in [3.63, 3.8) is 0 Å². The number of hydrogen-bond acceptors (Lipinski definition) is 2. The van der Waals surface area contributed by atoms with Gasteiger partial charge < -0.3 is 10.0 Å². The summed E-state index contributed by atoms with van der Waals surface area (Å²) in [6.45, 7) is 1.22. The summed E-state index contributed by atoms with van der Waals surface area (Å²) in [6.07, 6.45) is -2.65. The van der Waals surface area contributed by atoms with Crippen LogP contribution in [0.25, 0.3) is 0 Å². The number of halogens is 3. The third kappa shape index (κ3) is 2.84. The van der Waals surface area contributed by atoms with Gasteiger partial charge in [-0.3, -0.25) is 4.79 Å². The van der Waals surface area contributed by atoms with Gasteiger partial charge in [0.2, 0.25) is 0 Å². The van der Waals surface area contributed by atoms with Gasteiger partial charge in [0.05, 0.1) is 5.56 Å². The number of carbonyl (C=O) groups excluding carboxylic acids is 1. The number of aliphatic hydroxyl groups is 1. The molecule has 0 aromatic heterocycles. The van der Waals surface area contributed by atoms with Gasteiger partial charge in [0.15, 0.2) is 6.10 Å². The zero-order valence-electron chi connectivity index (χ0n) is 12.0. The van der Waals surface area contributed by atoms with Gasteiger partial charge in [-0.25, -0.2) is 0 Å². The summed E-state index contributed by atoms with van der Waals surface area (Å²) in [4.78, 5) is 13.9. The largest absolute Gasteiger partial charge is 0.416 e. The average molecular weight is 313 g/mol. The standard InChI is InChI=1S/C16H18F3NO2/c17-16(18,19)13-6-2-3-10(7-13)14(21)15(22)20-8-11-4-1-5-12(11)9-20/h2-3,6-7,11-12,14,21H,1,4-5,8-9H2/t11-,12+,14?. The lowest BCUT2D eigenvalue weighted by Gasteiger charge is -2.21. The molecule has 1 N–H and O–H groups in total. The van der Waals surface area contributed by atoms with E-state index in [1.807, 2.05) is 0 Å². The van der Waals surface area contributed by atoms with Crippen LogP contribution in [0.5, 0.6) is 0 Å². The van der Waals surface area contributed by atoms with Crippen molar-refractivity contribution in [2.45, 2.75) is 31.5 Å². The van der Waals surface area contributed by atoms with E-state index in [4.69, 9.17) is 0 Å². The molecule has 22 heavy (non-hydrogen) atoms. The van der Waals surface area contributed by atoms with E-state index < -0.39 is 23.8 Å². The SMILES string of the molecule is O=C(C(O)c1cccc(C(F)(F)F)c1)N1C[C@H]2CCC[C@H]2C1. The van der Waals surface area contributed by atoms with Gasteiger partial charge in [0.1, 0.15) is 0 Å². The summed E-state index contributed by atoms with van der Waals surface area (Å²) < 4.78 is 38.1. The predicted octanol–water partition coefficient (Wildman–Crippen LogP) is 3.00. The molecule has 1 saturated heterocycles. The molecule has 3 nitrogen and oxygen atoms in total. The van der Waals surface area contributed by atoms with Crippen molar-refractivity contribution in [3.05, 3.63) is 35.4 Å². The minimum absolute atomic E-state index is 0.00288. The lowest BCUT2D eigenvalue weighted by atomic mass is 10.0. The molecule has 2 fully saturated rings. The molecule has 3 rings (SSSR count). The molecule has 1 unspecified atom stereocenters. The Morgan fingerprint density at radius 1 is 1.23 bits per heavy atom. The summed E-state index contributed by atoms with van der Waals surface area (Å²) >= 11 is 0. The Balaban J connectivity index is 1.73. The lowest BCUT2D eigenvalue weighted by molar-refractivity contribution is -0.141. The molecule has 0 bridgehead atoms. The van der Waals surface area contributed by atoms with E-state index in [9.17, 15) is 23.1 Å². The van der Waals surface area contributed by atoms with Crippen molar-refractivity contribution in [2.75, 3.05) is 13.1 Å². The number of benzene rings is 1. The highest BCUT2D eigenvalue weighted by molar-refractivity contribution is 5.82. The lowest BCUT2D eigenvalue weighted by Crippen LogP contribution is -2.34. The Kier molecular flexibility index (Phi) is 3.89. The van der Waals surface area contributed by atoms with Gasteiger partial charge in [-0.1, -0.05) is 18.6 Å². The number of carbonyl (C=O) groups is 1. The van der Waals surface area contributed by atoms with E-state index in [0.29, 0.717) is 24.9 Å². The number of rotatable bonds is 2. The quantitative estimate of drug-likeness (QED) is 0.912. The smallest absolute Gasteiger partial charge is 0.378 e. The topological polar surface area (TPSA) is 40.5 Å². The molecule has 0 spiro atoms. The van der Waals surface area contributed by atoms with E-state index in [2.05, 4.69) is 0 Å². The summed E-state index contributed by atoms with van der Waals surface area (Å²) in [5, 5.41) is 10.1. The van der Waals surface area contributed by atoms with Crippen LogP contribution in [0.15, 0.2) is 24.3 Å². The maximum Gasteiger partial charge on any atom is 0.416 e. The van der Waals surface area contributed by atoms with Gasteiger partial charge >= 0.3 is 6.18 Å². The van der Waals surface area contributed by atoms with Crippen molar-refractivity contribution in [2.24, 2.45) is 11.8 Å². The highest BCUT2D eigenvalue weighted by Gasteiger charge is 2.40. The highest BCUT2D eigenvalue weighted by Crippen LogP contribution is 2.38. The molecule has 1 saturated carbocycles. The number of likely N-dealkylation sites (tertiary alicyclic amines) is 1. The minimum atomic E-state index is -4.48. The Bertz CT molecular complexity index is 561. The summed E-state index contributed by atoms with van der Waals surface area (Å²) in [6, 6.07) is 4.35. The van der Waals surface area contributed by atoms with Crippen LogP contribution in [-0.2, 0) is 11.0 Å². The van der Waals surface area contributed by atoms with Crippen molar-refractivity contribution in [3.8, 4) is 0 Å². The molecule has 0 radical (unpaired) electrons. The third-order valence-electron chi connectivity index (χ3n) is 4.80. The van der Waals surface area contributed by atoms with Crippen LogP contribution in [0.4, 0.5) is 13.2 Å². The molecule has 1 aromatic carbocycles. The van der Waals surface area contributed by atoms with Gasteiger partial charge in [-0.05, 0) is 42.4 Å². The van der Waals surface area contributed by atoms with Gasteiger partial charge in [-0.15, -0.1) is 0 Å². The first-order valence-electron chi connectivity index (χ1n) is 7.50. The van der Waals surface area contributed by atoms with E-state index in [0.717, 1.165) is 25.0 Å². The maximum atomic E-state index is 12.7. The van der Waals surface area contributed by atoms with Crippen LogP contribution in [0.2, 0.25) is 0 Å². The van der Waals surface area contributed by atoms with Crippen molar-refractivity contribution >= 4 is 5.91 Å². The molecular weight excluding hydrogens is 295 g/mol. The van der Waals surface area contributed by atoms with Crippen LogP contribution < -0.4 is 0 Å². The molecular formula is C16H18F3NO2. The zero-order valence-corrected chi connectivity index (χ0v) is 12.0. The molecule has 1 heterocycles. The van der Waals surface area contributed by atoms with Gasteiger partial charge in [0, 0.05) is 13.1 Å². The van der Waals surface area contributed by atoms with Gasteiger partial charge in [0.25, 0.3) is 5.91 Å². The number of nitrogens with zero attached hydrogens (tertiary/aromatic N) is 1. The Morgan fingerprint density at radius 2 is 1.86 bits per heavy atom. The molecule has 3 atom stereocenters. The van der Waals surface area contributed by atoms with Crippen LogP contribution >= 0.6 is 0 Å². The molecule has 1 aliphatic carbocycles. The van der Waals surface area contributed by atoms with E-state index in [1.165, 1.54) is 18.6 Å². The van der Waals surface area contributed by atoms with Crippen molar-refractivity contribution in [1.82, 2.24) is 4.90 Å². The Morgan fingerprint density at radius 3 is 2.45 bits per heavy atom. The van der Waals surface area contributed by atoms with E-state index in [1.54, 1.807) is 4.90 Å². The molecule has 2 aliphatic rings. The number of alkyl halides is 3. The second kappa shape index (κ2) is 5.57. The monoisotopic (exact) mass is 313 g/mol. The number of hydrogen-bond donors (Lipinski definition) is 1. The van der Waals surface area contributed by atoms with E-state index >= 15 is 0 Å². The Hall–Kier alpha value is -1.56. The minimum Gasteiger partial charge on any atom is -0.378 e. The number of aliphatic hydroxyl groups excluding tert-OH is 1. The summed E-state index contributed by atoms with van der Waals surface area (Å²) in [5.41, 5.74) is -0.855. The van der Waals surface area contributed by atoms with Crippen LogP contribution in [0.3, 0.4) is 0 Å². The van der Waals surface area contributed by atoms with Crippen LogP contribution in [0.1, 0.15) is 36.5 Å². The summed E-state index contributed by atoms with van der Waals surface area (Å²) in [7, 11) is 0. The molecule has 1 aromatic rings. The first kappa shape index (κ1) is 15.3. The summed E-state index contributed by atoms with van der Waals surface area (Å²) in [5.74, 6) is 0.476. The Labute approximate surface area is 126 Å². The molecule has 120 valence electrons. The maximum absolute atomic E-state index is 12.7. The average Bonchev–Trinajstić information content (AvgIpc) is 3.06. The van der Waals surface area contributed by atoms with Crippen molar-refractivity contribution < 1.29 is 23.1 Å². The zero-order chi connectivity index (χ0) is 15.9. The first-order valence-corrected chi connectivity index (χ1v) is 7.50.